The first kappa shape index (κ1) is 20.4. The molecule has 5 atom stereocenters. The molecule has 3 aliphatic rings. The lowest BCUT2D eigenvalue weighted by Gasteiger charge is -2.50. The van der Waals surface area contributed by atoms with E-state index in [-0.39, 0.29) is 12.8 Å². The molecule has 1 aromatic carbocycles. The van der Waals surface area contributed by atoms with Crippen molar-refractivity contribution in [3.8, 4) is 5.75 Å². The van der Waals surface area contributed by atoms with Crippen molar-refractivity contribution in [1.82, 2.24) is 0 Å². The maximum atomic E-state index is 12.9. The van der Waals surface area contributed by atoms with Gasteiger partial charge >= 0.3 is 0 Å². The number of Topliss-reactive ketones (excluding diaryl/α,β-unsaturated/α-hetero) is 1. The number of fused-ring (bicyclic) bond motifs is 5. The fourth-order valence-corrected chi connectivity index (χ4v) is 6.56. The normalized spacial score (nSPS) is 34.3. The SMILES string of the molecule is C.COc1ccc2c(c1)CC[C@H]1[C@@H]3[C@H](CCCCN)CC(=O)[C@@]3(C)CC[C@H]21. The quantitative estimate of drug-likeness (QED) is 0.732. The van der Waals surface area contributed by atoms with Crippen molar-refractivity contribution in [2.45, 2.75) is 71.6 Å². The average molecular weight is 372 g/mol. The summed E-state index contributed by atoms with van der Waals surface area (Å²) in [6.45, 7) is 3.05. The van der Waals surface area contributed by atoms with Crippen LogP contribution in [-0.4, -0.2) is 19.4 Å². The number of benzene rings is 1. The van der Waals surface area contributed by atoms with E-state index in [2.05, 4.69) is 25.1 Å². The van der Waals surface area contributed by atoms with Crippen molar-refractivity contribution in [2.24, 2.45) is 28.9 Å². The molecule has 0 aliphatic heterocycles. The standard InChI is InChI=1S/C23H33NO2.CH4/c1-23-11-10-19-18-9-7-17(26-2)13-15(18)6-8-20(19)22(23)16(14-21(23)25)5-3-4-12-24;/h7,9,13,16,19-20,22H,3-6,8,10-12,14,24H2,1-2H3;1H4/t16-,19-,20-,22+,23-;/m1./s1. The summed E-state index contributed by atoms with van der Waals surface area (Å²) in [5.41, 5.74) is 8.64. The molecule has 150 valence electrons. The van der Waals surface area contributed by atoms with Crippen molar-refractivity contribution < 1.29 is 9.53 Å². The molecule has 0 unspecified atom stereocenters. The number of hydrogen-bond acceptors (Lipinski definition) is 3. The summed E-state index contributed by atoms with van der Waals surface area (Å²) in [7, 11) is 1.75. The number of aryl methyl sites for hydroxylation is 1. The lowest BCUT2D eigenvalue weighted by Crippen LogP contribution is -2.44. The van der Waals surface area contributed by atoms with Crippen LogP contribution in [0.2, 0.25) is 0 Å². The number of carbonyl (C=O) groups is 1. The largest absolute Gasteiger partial charge is 0.497 e. The Balaban J connectivity index is 0.00000210. The summed E-state index contributed by atoms with van der Waals surface area (Å²) < 4.78 is 5.43. The Hall–Kier alpha value is -1.35. The Kier molecular flexibility index (Phi) is 6.00. The maximum Gasteiger partial charge on any atom is 0.139 e. The van der Waals surface area contributed by atoms with Gasteiger partial charge in [0.05, 0.1) is 7.11 Å². The molecule has 2 N–H and O–H groups in total. The molecule has 0 aromatic heterocycles. The monoisotopic (exact) mass is 371 g/mol. The molecule has 3 nitrogen and oxygen atoms in total. The Labute approximate surface area is 165 Å². The van der Waals surface area contributed by atoms with Crippen LogP contribution in [0.25, 0.3) is 0 Å². The van der Waals surface area contributed by atoms with Crippen LogP contribution in [0, 0.1) is 23.2 Å². The molecule has 1 aromatic rings. The van der Waals surface area contributed by atoms with Crippen molar-refractivity contribution in [2.75, 3.05) is 13.7 Å². The Morgan fingerprint density at radius 1 is 1.26 bits per heavy atom. The van der Waals surface area contributed by atoms with E-state index < -0.39 is 0 Å². The smallest absolute Gasteiger partial charge is 0.139 e. The number of methoxy groups -OCH3 is 1. The number of carbonyl (C=O) groups excluding carboxylic acids is 1. The predicted molar refractivity (Wildman–Crippen MR) is 111 cm³/mol. The highest BCUT2D eigenvalue weighted by Gasteiger charge is 2.58. The average Bonchev–Trinajstić information content (AvgIpc) is 2.91. The number of unbranched alkanes of at least 4 members (excludes halogenated alkanes) is 1. The zero-order valence-corrected chi connectivity index (χ0v) is 16.3. The van der Waals surface area contributed by atoms with Gasteiger partial charge in [-0.05, 0) is 92.0 Å². The third-order valence-corrected chi connectivity index (χ3v) is 7.81. The molecule has 3 aliphatic carbocycles. The van der Waals surface area contributed by atoms with Gasteiger partial charge in [0.15, 0.2) is 0 Å². The molecule has 3 heteroatoms. The lowest BCUT2D eigenvalue weighted by atomic mass is 9.54. The zero-order chi connectivity index (χ0) is 18.3. The van der Waals surface area contributed by atoms with Crippen molar-refractivity contribution in [3.05, 3.63) is 29.3 Å². The summed E-state index contributed by atoms with van der Waals surface area (Å²) in [6.07, 6.45) is 8.84. The Bertz CT molecular complexity index is 685. The van der Waals surface area contributed by atoms with Gasteiger partial charge in [-0.2, -0.15) is 0 Å². The highest BCUT2D eigenvalue weighted by molar-refractivity contribution is 5.87. The predicted octanol–water partition coefficient (Wildman–Crippen LogP) is 5.11. The molecule has 0 bridgehead atoms. The second kappa shape index (κ2) is 7.95. The van der Waals surface area contributed by atoms with Crippen LogP contribution < -0.4 is 10.5 Å². The minimum atomic E-state index is -0.0709. The number of rotatable bonds is 5. The maximum absolute atomic E-state index is 12.9. The highest BCUT2D eigenvalue weighted by Crippen LogP contribution is 2.62. The van der Waals surface area contributed by atoms with Gasteiger partial charge in [-0.25, -0.2) is 0 Å². The van der Waals surface area contributed by atoms with E-state index in [4.69, 9.17) is 10.5 Å². The Morgan fingerprint density at radius 3 is 2.81 bits per heavy atom. The molecule has 0 spiro atoms. The van der Waals surface area contributed by atoms with Crippen LogP contribution in [0.1, 0.15) is 76.3 Å². The fourth-order valence-electron chi connectivity index (χ4n) is 6.56. The van der Waals surface area contributed by atoms with Crippen molar-refractivity contribution >= 4 is 5.78 Å². The number of nitrogens with two attached hydrogens (primary N) is 1. The molecule has 27 heavy (non-hydrogen) atoms. The molecule has 0 saturated heterocycles. The topological polar surface area (TPSA) is 52.3 Å². The van der Waals surface area contributed by atoms with E-state index in [1.165, 1.54) is 30.4 Å². The van der Waals surface area contributed by atoms with Crippen LogP contribution in [-0.2, 0) is 11.2 Å². The van der Waals surface area contributed by atoms with Crippen LogP contribution in [0.4, 0.5) is 0 Å². The minimum absolute atomic E-state index is 0. The second-order valence-corrected chi connectivity index (χ2v) is 9.03. The summed E-state index contributed by atoms with van der Waals surface area (Å²) >= 11 is 0. The van der Waals surface area contributed by atoms with Crippen LogP contribution in [0.3, 0.4) is 0 Å². The molecule has 0 amide bonds. The van der Waals surface area contributed by atoms with Gasteiger partial charge in [-0.15, -0.1) is 0 Å². The first-order chi connectivity index (χ1) is 12.6. The summed E-state index contributed by atoms with van der Waals surface area (Å²) in [4.78, 5) is 12.9. The van der Waals surface area contributed by atoms with E-state index in [1.807, 2.05) is 0 Å². The Morgan fingerprint density at radius 2 is 2.07 bits per heavy atom. The summed E-state index contributed by atoms with van der Waals surface area (Å²) in [5.74, 6) is 3.96. The van der Waals surface area contributed by atoms with Crippen LogP contribution in [0.15, 0.2) is 18.2 Å². The molecule has 2 fully saturated rings. The van der Waals surface area contributed by atoms with Gasteiger partial charge in [0, 0.05) is 11.8 Å². The van der Waals surface area contributed by atoms with E-state index >= 15 is 0 Å². The minimum Gasteiger partial charge on any atom is -0.497 e. The molecule has 2 saturated carbocycles. The van der Waals surface area contributed by atoms with Crippen molar-refractivity contribution in [3.63, 3.8) is 0 Å². The number of ketones is 1. The van der Waals surface area contributed by atoms with E-state index in [1.54, 1.807) is 7.11 Å². The van der Waals surface area contributed by atoms with Gasteiger partial charge in [-0.3, -0.25) is 4.79 Å². The molecule has 4 rings (SSSR count). The molecular weight excluding hydrogens is 334 g/mol. The molecule has 0 radical (unpaired) electrons. The van der Waals surface area contributed by atoms with Gasteiger partial charge in [0.1, 0.15) is 11.5 Å². The molecular formula is C24H37NO2. The first-order valence-corrected chi connectivity index (χ1v) is 10.5. The van der Waals surface area contributed by atoms with Crippen molar-refractivity contribution in [1.29, 1.82) is 0 Å². The van der Waals surface area contributed by atoms with Gasteiger partial charge in [0.25, 0.3) is 0 Å². The molecule has 0 heterocycles. The first-order valence-electron chi connectivity index (χ1n) is 10.5. The van der Waals surface area contributed by atoms with Gasteiger partial charge in [0.2, 0.25) is 0 Å². The number of ether oxygens (including phenoxy) is 1. The van der Waals surface area contributed by atoms with E-state index in [9.17, 15) is 4.79 Å². The van der Waals surface area contributed by atoms with Gasteiger partial charge in [-0.1, -0.05) is 26.8 Å². The zero-order valence-electron chi connectivity index (χ0n) is 16.3. The third-order valence-electron chi connectivity index (χ3n) is 7.81. The third kappa shape index (κ3) is 3.33. The van der Waals surface area contributed by atoms with E-state index in [0.717, 1.165) is 44.4 Å². The van der Waals surface area contributed by atoms with Crippen LogP contribution in [0.5, 0.6) is 5.75 Å². The fraction of sp³-hybridized carbons (Fsp3) is 0.708. The van der Waals surface area contributed by atoms with Gasteiger partial charge < -0.3 is 10.5 Å². The summed E-state index contributed by atoms with van der Waals surface area (Å²) in [6, 6.07) is 6.65. The summed E-state index contributed by atoms with van der Waals surface area (Å²) in [5, 5.41) is 0. The van der Waals surface area contributed by atoms with E-state index in [0.29, 0.717) is 29.5 Å². The van der Waals surface area contributed by atoms with Crippen LogP contribution >= 0.6 is 0 Å². The highest BCUT2D eigenvalue weighted by atomic mass is 16.5. The second-order valence-electron chi connectivity index (χ2n) is 9.03. The lowest BCUT2D eigenvalue weighted by molar-refractivity contribution is -0.129. The number of hydrogen-bond donors (Lipinski definition) is 1.